The monoisotopic (exact) mass is 271 g/mol. The number of fused-ring (bicyclic) bond motifs is 1. The van der Waals surface area contributed by atoms with Crippen LogP contribution in [0, 0.1) is 0 Å². The number of aryl methyl sites for hydroxylation is 1. The molecule has 6 heteroatoms. The third-order valence-electron chi connectivity index (χ3n) is 3.11. The smallest absolute Gasteiger partial charge is 0.329 e. The molecule has 3 rings (SSSR count). The van der Waals surface area contributed by atoms with E-state index in [1.54, 1.807) is 24.4 Å². The highest BCUT2D eigenvalue weighted by Crippen LogP contribution is 2.24. The topological polar surface area (TPSA) is 80.9 Å². The van der Waals surface area contributed by atoms with Gasteiger partial charge in [0.1, 0.15) is 11.4 Å². The Hall–Kier alpha value is -2.63. The van der Waals surface area contributed by atoms with Gasteiger partial charge in [-0.05, 0) is 24.6 Å². The van der Waals surface area contributed by atoms with Gasteiger partial charge < -0.3 is 4.42 Å². The first-order chi connectivity index (χ1) is 9.72. The molecule has 0 fully saturated rings. The van der Waals surface area contributed by atoms with Crippen molar-refractivity contribution in [2.45, 2.75) is 19.9 Å². The Morgan fingerprint density at radius 3 is 2.90 bits per heavy atom. The van der Waals surface area contributed by atoms with E-state index in [4.69, 9.17) is 4.42 Å². The molecule has 0 amide bonds. The van der Waals surface area contributed by atoms with Crippen molar-refractivity contribution >= 4 is 11.0 Å². The number of aromatic amines is 1. The van der Waals surface area contributed by atoms with E-state index in [0.717, 1.165) is 6.42 Å². The van der Waals surface area contributed by atoms with Crippen molar-refractivity contribution in [3.63, 3.8) is 0 Å². The lowest BCUT2D eigenvalue weighted by Gasteiger charge is -2.08. The average Bonchev–Trinajstić information content (AvgIpc) is 2.96. The predicted molar refractivity (Wildman–Crippen MR) is 74.6 cm³/mol. The standard InChI is InChI=1S/C14H13N3O3/c1-2-7-17-12-11(13(18)16-14(17)19)9(5-6-15-12)10-4-3-8-20-10/h3-6,8H,2,7H2,1H3,(H,16,18,19). The summed E-state index contributed by atoms with van der Waals surface area (Å²) in [4.78, 5) is 30.5. The summed E-state index contributed by atoms with van der Waals surface area (Å²) in [6.45, 7) is 2.46. The number of pyridine rings is 1. The largest absolute Gasteiger partial charge is 0.464 e. The summed E-state index contributed by atoms with van der Waals surface area (Å²) in [5.74, 6) is 0.574. The zero-order chi connectivity index (χ0) is 14.1. The minimum atomic E-state index is -0.447. The lowest BCUT2D eigenvalue weighted by Crippen LogP contribution is -2.31. The first kappa shape index (κ1) is 12.4. The van der Waals surface area contributed by atoms with Crippen LogP contribution in [0.5, 0.6) is 0 Å². The van der Waals surface area contributed by atoms with Gasteiger partial charge >= 0.3 is 5.69 Å². The summed E-state index contributed by atoms with van der Waals surface area (Å²) in [6.07, 6.45) is 3.89. The molecule has 20 heavy (non-hydrogen) atoms. The molecule has 0 spiro atoms. The first-order valence-corrected chi connectivity index (χ1v) is 6.38. The third kappa shape index (κ3) is 1.85. The molecule has 0 unspecified atom stereocenters. The fraction of sp³-hybridized carbons (Fsp3) is 0.214. The van der Waals surface area contributed by atoms with Crippen molar-refractivity contribution in [1.29, 1.82) is 0 Å². The van der Waals surface area contributed by atoms with Gasteiger partial charge in [0.05, 0.1) is 11.6 Å². The molecule has 102 valence electrons. The molecule has 0 aliphatic heterocycles. The quantitative estimate of drug-likeness (QED) is 0.787. The van der Waals surface area contributed by atoms with Crippen LogP contribution in [0.15, 0.2) is 44.7 Å². The fourth-order valence-corrected chi connectivity index (χ4v) is 2.27. The second-order valence-electron chi connectivity index (χ2n) is 4.45. The van der Waals surface area contributed by atoms with Gasteiger partial charge in [-0.2, -0.15) is 0 Å². The molecule has 3 aromatic rings. The van der Waals surface area contributed by atoms with Gasteiger partial charge in [0.15, 0.2) is 0 Å². The van der Waals surface area contributed by atoms with Crippen LogP contribution in [0.25, 0.3) is 22.4 Å². The fourth-order valence-electron chi connectivity index (χ4n) is 2.27. The van der Waals surface area contributed by atoms with Crippen LogP contribution in [0.4, 0.5) is 0 Å². The lowest BCUT2D eigenvalue weighted by atomic mass is 10.1. The Balaban J connectivity index is 2.44. The normalized spacial score (nSPS) is 11.1. The van der Waals surface area contributed by atoms with Crippen LogP contribution in [0.2, 0.25) is 0 Å². The summed E-state index contributed by atoms with van der Waals surface area (Å²) in [6, 6.07) is 5.22. The number of H-pyrrole nitrogens is 1. The van der Waals surface area contributed by atoms with E-state index in [0.29, 0.717) is 28.9 Å². The molecule has 6 nitrogen and oxygen atoms in total. The van der Waals surface area contributed by atoms with E-state index in [1.807, 2.05) is 6.92 Å². The molecule has 0 aromatic carbocycles. The molecular weight excluding hydrogens is 258 g/mol. The molecule has 1 N–H and O–H groups in total. The third-order valence-corrected chi connectivity index (χ3v) is 3.11. The number of nitrogens with zero attached hydrogens (tertiary/aromatic N) is 2. The molecule has 3 heterocycles. The van der Waals surface area contributed by atoms with Gasteiger partial charge in [0.2, 0.25) is 0 Å². The van der Waals surface area contributed by atoms with Gasteiger partial charge in [-0.25, -0.2) is 9.78 Å². The molecule has 0 aliphatic carbocycles. The molecule has 0 atom stereocenters. The van der Waals surface area contributed by atoms with Gasteiger partial charge in [-0.3, -0.25) is 14.3 Å². The average molecular weight is 271 g/mol. The Kier molecular flexibility index (Phi) is 2.98. The summed E-state index contributed by atoms with van der Waals surface area (Å²) in [5, 5.41) is 0.371. The van der Waals surface area contributed by atoms with E-state index in [-0.39, 0.29) is 0 Å². The van der Waals surface area contributed by atoms with Crippen LogP contribution in [0.3, 0.4) is 0 Å². The molecule has 0 aliphatic rings. The number of nitrogens with one attached hydrogen (secondary N) is 1. The minimum absolute atomic E-state index is 0.371. The zero-order valence-corrected chi connectivity index (χ0v) is 10.9. The van der Waals surface area contributed by atoms with Gasteiger partial charge in [-0.1, -0.05) is 6.92 Å². The number of furan rings is 1. The molecule has 3 aromatic heterocycles. The summed E-state index contributed by atoms with van der Waals surface area (Å²) in [7, 11) is 0. The van der Waals surface area contributed by atoms with Crippen molar-refractivity contribution in [3.8, 4) is 11.3 Å². The predicted octanol–water partition coefficient (Wildman–Crippen LogP) is 1.75. The van der Waals surface area contributed by atoms with E-state index in [9.17, 15) is 9.59 Å². The highest BCUT2D eigenvalue weighted by Gasteiger charge is 2.14. The van der Waals surface area contributed by atoms with Crippen molar-refractivity contribution in [1.82, 2.24) is 14.5 Å². The Labute approximate surface area is 113 Å². The molecule has 0 bridgehead atoms. The number of hydrogen-bond acceptors (Lipinski definition) is 4. The maximum absolute atomic E-state index is 12.1. The summed E-state index contributed by atoms with van der Waals surface area (Å²) >= 11 is 0. The van der Waals surface area contributed by atoms with E-state index in [2.05, 4.69) is 9.97 Å². The van der Waals surface area contributed by atoms with Crippen molar-refractivity contribution < 1.29 is 4.42 Å². The maximum Gasteiger partial charge on any atom is 0.329 e. The van der Waals surface area contributed by atoms with Crippen LogP contribution in [-0.2, 0) is 6.54 Å². The summed E-state index contributed by atoms with van der Waals surface area (Å²) < 4.78 is 6.82. The van der Waals surface area contributed by atoms with E-state index in [1.165, 1.54) is 10.8 Å². The zero-order valence-electron chi connectivity index (χ0n) is 10.9. The van der Waals surface area contributed by atoms with Gasteiger partial charge in [0.25, 0.3) is 5.56 Å². The van der Waals surface area contributed by atoms with Crippen molar-refractivity contribution in [2.24, 2.45) is 0 Å². The second-order valence-corrected chi connectivity index (χ2v) is 4.45. The van der Waals surface area contributed by atoms with Crippen LogP contribution in [-0.4, -0.2) is 14.5 Å². The van der Waals surface area contributed by atoms with Crippen LogP contribution >= 0.6 is 0 Å². The number of aromatic nitrogens is 3. The lowest BCUT2D eigenvalue weighted by molar-refractivity contribution is 0.582. The maximum atomic E-state index is 12.1. The van der Waals surface area contributed by atoms with Crippen molar-refractivity contribution in [3.05, 3.63) is 51.5 Å². The Bertz CT molecular complexity index is 859. The molecule has 0 saturated carbocycles. The Morgan fingerprint density at radius 2 is 2.20 bits per heavy atom. The summed E-state index contributed by atoms with van der Waals surface area (Å²) in [5.41, 5.74) is 0.130. The van der Waals surface area contributed by atoms with Crippen LogP contribution < -0.4 is 11.2 Å². The minimum Gasteiger partial charge on any atom is -0.464 e. The molecule has 0 saturated heterocycles. The Morgan fingerprint density at radius 1 is 1.35 bits per heavy atom. The van der Waals surface area contributed by atoms with Crippen molar-refractivity contribution in [2.75, 3.05) is 0 Å². The first-order valence-electron chi connectivity index (χ1n) is 6.38. The van der Waals surface area contributed by atoms with E-state index < -0.39 is 11.2 Å². The van der Waals surface area contributed by atoms with Gasteiger partial charge in [0, 0.05) is 18.3 Å². The highest BCUT2D eigenvalue weighted by molar-refractivity contribution is 5.90. The number of rotatable bonds is 3. The molecule has 0 radical (unpaired) electrons. The highest BCUT2D eigenvalue weighted by atomic mass is 16.3. The van der Waals surface area contributed by atoms with E-state index >= 15 is 0 Å². The SMILES string of the molecule is CCCn1c(=O)[nH]c(=O)c2c(-c3ccco3)ccnc21. The molecular formula is C14H13N3O3. The van der Waals surface area contributed by atoms with Crippen LogP contribution in [0.1, 0.15) is 13.3 Å². The van der Waals surface area contributed by atoms with Gasteiger partial charge in [-0.15, -0.1) is 0 Å². The second kappa shape index (κ2) is 4.80. The number of hydrogen-bond donors (Lipinski definition) is 1.